The summed E-state index contributed by atoms with van der Waals surface area (Å²) in [6.07, 6.45) is 0. The molecule has 1 atom stereocenters. The second kappa shape index (κ2) is 8.10. The van der Waals surface area contributed by atoms with Crippen LogP contribution < -0.4 is 5.32 Å². The molecule has 1 aromatic heterocycles. The second-order valence-corrected chi connectivity index (χ2v) is 7.25. The SMILES string of the molecule is Cc1ccccc1[S@@](=O)Cc1ccc(C(=O)NCc2cccc(F)c2)o1. The second-order valence-electron chi connectivity index (χ2n) is 5.83. The third kappa shape index (κ3) is 4.46. The van der Waals surface area contributed by atoms with Gasteiger partial charge in [0.25, 0.3) is 5.91 Å². The standard InChI is InChI=1S/C20H18FNO3S/c1-14-5-2-3-8-19(14)26(24)13-17-9-10-18(25-17)20(23)22-12-15-6-4-7-16(21)11-15/h2-11H,12-13H2,1H3,(H,22,23)/t26-/m0/s1. The van der Waals surface area contributed by atoms with Crippen molar-refractivity contribution in [3.63, 3.8) is 0 Å². The molecule has 0 bridgehead atoms. The van der Waals surface area contributed by atoms with Crippen molar-refractivity contribution in [2.45, 2.75) is 24.1 Å². The molecule has 1 heterocycles. The van der Waals surface area contributed by atoms with Gasteiger partial charge in [-0.05, 0) is 48.4 Å². The summed E-state index contributed by atoms with van der Waals surface area (Å²) in [5, 5.41) is 2.67. The van der Waals surface area contributed by atoms with E-state index in [2.05, 4.69) is 5.32 Å². The van der Waals surface area contributed by atoms with Crippen molar-refractivity contribution in [2.75, 3.05) is 0 Å². The van der Waals surface area contributed by atoms with Crippen LogP contribution in [0, 0.1) is 12.7 Å². The molecule has 1 amide bonds. The van der Waals surface area contributed by atoms with Gasteiger partial charge in [-0.25, -0.2) is 4.39 Å². The van der Waals surface area contributed by atoms with Crippen molar-refractivity contribution < 1.29 is 17.8 Å². The molecule has 0 saturated heterocycles. The van der Waals surface area contributed by atoms with E-state index in [-0.39, 0.29) is 23.9 Å². The number of halogens is 1. The highest BCUT2D eigenvalue weighted by molar-refractivity contribution is 7.84. The topological polar surface area (TPSA) is 59.3 Å². The van der Waals surface area contributed by atoms with Crippen LogP contribution in [-0.4, -0.2) is 10.1 Å². The molecule has 1 N–H and O–H groups in total. The summed E-state index contributed by atoms with van der Waals surface area (Å²) in [6.45, 7) is 2.10. The summed E-state index contributed by atoms with van der Waals surface area (Å²) in [4.78, 5) is 12.9. The van der Waals surface area contributed by atoms with Gasteiger partial charge in [-0.3, -0.25) is 9.00 Å². The van der Waals surface area contributed by atoms with Gasteiger partial charge in [-0.2, -0.15) is 0 Å². The Balaban J connectivity index is 1.61. The predicted octanol–water partition coefficient (Wildman–Crippen LogP) is 3.96. The van der Waals surface area contributed by atoms with Crippen LogP contribution >= 0.6 is 0 Å². The molecule has 0 saturated carbocycles. The molecule has 0 radical (unpaired) electrons. The maximum absolute atomic E-state index is 13.1. The third-order valence-corrected chi connectivity index (χ3v) is 5.34. The molecule has 3 aromatic rings. The summed E-state index contributed by atoms with van der Waals surface area (Å²) in [7, 11) is -1.25. The van der Waals surface area contributed by atoms with Crippen LogP contribution in [0.5, 0.6) is 0 Å². The molecule has 134 valence electrons. The summed E-state index contributed by atoms with van der Waals surface area (Å²) in [6, 6.07) is 16.7. The number of hydrogen-bond acceptors (Lipinski definition) is 3. The molecule has 26 heavy (non-hydrogen) atoms. The molecule has 2 aromatic carbocycles. The Bertz CT molecular complexity index is 951. The fourth-order valence-electron chi connectivity index (χ4n) is 2.51. The first-order valence-electron chi connectivity index (χ1n) is 8.08. The van der Waals surface area contributed by atoms with E-state index in [1.54, 1.807) is 24.3 Å². The van der Waals surface area contributed by atoms with Gasteiger partial charge in [0.1, 0.15) is 11.6 Å². The molecule has 4 nitrogen and oxygen atoms in total. The van der Waals surface area contributed by atoms with E-state index in [4.69, 9.17) is 4.42 Å². The van der Waals surface area contributed by atoms with E-state index >= 15 is 0 Å². The number of carbonyl (C=O) groups excluding carboxylic acids is 1. The van der Waals surface area contributed by atoms with Crippen molar-refractivity contribution in [3.05, 3.63) is 89.1 Å². The van der Waals surface area contributed by atoms with Crippen molar-refractivity contribution in [2.24, 2.45) is 0 Å². The molecule has 3 rings (SSSR count). The number of benzene rings is 2. The lowest BCUT2D eigenvalue weighted by molar-refractivity contribution is 0.0921. The Hall–Kier alpha value is -2.73. The van der Waals surface area contributed by atoms with Crippen molar-refractivity contribution in [3.8, 4) is 0 Å². The van der Waals surface area contributed by atoms with E-state index in [1.165, 1.54) is 12.1 Å². The Morgan fingerprint density at radius 2 is 1.92 bits per heavy atom. The number of nitrogens with one attached hydrogen (secondary N) is 1. The molecule has 0 aliphatic carbocycles. The van der Waals surface area contributed by atoms with Crippen LogP contribution in [0.3, 0.4) is 0 Å². The lowest BCUT2D eigenvalue weighted by Crippen LogP contribution is -2.22. The van der Waals surface area contributed by atoms with E-state index in [0.29, 0.717) is 11.3 Å². The molecule has 0 fully saturated rings. The van der Waals surface area contributed by atoms with Gasteiger partial charge < -0.3 is 9.73 Å². The van der Waals surface area contributed by atoms with Gasteiger partial charge in [-0.1, -0.05) is 30.3 Å². The van der Waals surface area contributed by atoms with Crippen molar-refractivity contribution in [1.82, 2.24) is 5.32 Å². The van der Waals surface area contributed by atoms with Gasteiger partial charge in [0.05, 0.1) is 16.6 Å². The first kappa shape index (κ1) is 18.1. The zero-order valence-corrected chi connectivity index (χ0v) is 15.0. The molecular formula is C20H18FNO3S. The predicted molar refractivity (Wildman–Crippen MR) is 97.6 cm³/mol. The normalized spacial score (nSPS) is 11.9. The Morgan fingerprint density at radius 1 is 1.12 bits per heavy atom. The average Bonchev–Trinajstić information content (AvgIpc) is 3.08. The van der Waals surface area contributed by atoms with Gasteiger partial charge >= 0.3 is 0 Å². The summed E-state index contributed by atoms with van der Waals surface area (Å²) in [5.41, 5.74) is 1.61. The molecular weight excluding hydrogens is 353 g/mol. The van der Waals surface area contributed by atoms with E-state index < -0.39 is 16.7 Å². The van der Waals surface area contributed by atoms with Crippen LogP contribution in [0.25, 0.3) is 0 Å². The van der Waals surface area contributed by atoms with Crippen LogP contribution in [0.1, 0.15) is 27.4 Å². The quantitative estimate of drug-likeness (QED) is 0.713. The highest BCUT2D eigenvalue weighted by Gasteiger charge is 2.14. The van der Waals surface area contributed by atoms with Gasteiger partial charge in [-0.15, -0.1) is 0 Å². The van der Waals surface area contributed by atoms with Gasteiger partial charge in [0.15, 0.2) is 5.76 Å². The van der Waals surface area contributed by atoms with Gasteiger partial charge in [0, 0.05) is 11.4 Å². The first-order chi connectivity index (χ1) is 12.5. The van der Waals surface area contributed by atoms with E-state index in [9.17, 15) is 13.4 Å². The van der Waals surface area contributed by atoms with Gasteiger partial charge in [0.2, 0.25) is 0 Å². The largest absolute Gasteiger partial charge is 0.455 e. The monoisotopic (exact) mass is 371 g/mol. The Morgan fingerprint density at radius 3 is 2.69 bits per heavy atom. The first-order valence-corrected chi connectivity index (χ1v) is 9.40. The Kier molecular flexibility index (Phi) is 5.63. The molecule has 0 aliphatic rings. The fourth-order valence-corrected chi connectivity index (χ4v) is 3.74. The maximum atomic E-state index is 13.1. The number of carbonyl (C=O) groups is 1. The highest BCUT2D eigenvalue weighted by atomic mass is 32.2. The third-order valence-electron chi connectivity index (χ3n) is 3.84. The van der Waals surface area contributed by atoms with Crippen LogP contribution in [-0.2, 0) is 23.1 Å². The fraction of sp³-hybridized carbons (Fsp3) is 0.150. The zero-order chi connectivity index (χ0) is 18.5. The van der Waals surface area contributed by atoms with E-state index in [0.717, 1.165) is 10.5 Å². The molecule has 0 unspecified atom stereocenters. The Labute approximate surface area is 153 Å². The average molecular weight is 371 g/mol. The smallest absolute Gasteiger partial charge is 0.287 e. The molecule has 6 heteroatoms. The number of amides is 1. The summed E-state index contributed by atoms with van der Waals surface area (Å²) >= 11 is 0. The summed E-state index contributed by atoms with van der Waals surface area (Å²) in [5.74, 6) is 0.0563. The van der Waals surface area contributed by atoms with Crippen LogP contribution in [0.15, 0.2) is 70.0 Å². The lowest BCUT2D eigenvalue weighted by Gasteiger charge is -2.05. The van der Waals surface area contributed by atoms with E-state index in [1.807, 2.05) is 31.2 Å². The minimum absolute atomic E-state index is 0.137. The number of aryl methyl sites for hydroxylation is 1. The minimum atomic E-state index is -1.25. The van der Waals surface area contributed by atoms with Crippen LogP contribution in [0.2, 0.25) is 0 Å². The number of rotatable bonds is 6. The zero-order valence-electron chi connectivity index (χ0n) is 14.2. The maximum Gasteiger partial charge on any atom is 0.287 e. The highest BCUT2D eigenvalue weighted by Crippen LogP contribution is 2.18. The molecule has 0 spiro atoms. The number of furan rings is 1. The molecule has 0 aliphatic heterocycles. The van der Waals surface area contributed by atoms with Crippen LogP contribution in [0.4, 0.5) is 4.39 Å². The lowest BCUT2D eigenvalue weighted by atomic mass is 10.2. The van der Waals surface area contributed by atoms with Crippen molar-refractivity contribution in [1.29, 1.82) is 0 Å². The van der Waals surface area contributed by atoms with Crippen molar-refractivity contribution >= 4 is 16.7 Å². The minimum Gasteiger partial charge on any atom is -0.455 e. The summed E-state index contributed by atoms with van der Waals surface area (Å²) < 4.78 is 31.1. The number of hydrogen-bond donors (Lipinski definition) is 1.